The topological polar surface area (TPSA) is 28.2 Å². The average molecular weight is 235 g/mol. The van der Waals surface area contributed by atoms with E-state index >= 15 is 0 Å². The lowest BCUT2D eigenvalue weighted by Crippen LogP contribution is -2.31. The molecule has 1 saturated heterocycles. The van der Waals surface area contributed by atoms with Gasteiger partial charge in [-0.2, -0.15) is 4.39 Å². The fraction of sp³-hybridized carbons (Fsp3) is 0.615. The predicted octanol–water partition coefficient (Wildman–Crippen LogP) is 2.26. The van der Waals surface area contributed by atoms with E-state index in [0.29, 0.717) is 17.9 Å². The fourth-order valence-electron chi connectivity index (χ4n) is 2.77. The Kier molecular flexibility index (Phi) is 2.74. The quantitative estimate of drug-likeness (QED) is 0.814. The second kappa shape index (κ2) is 4.26. The van der Waals surface area contributed by atoms with Crippen molar-refractivity contribution in [3.63, 3.8) is 0 Å². The minimum Gasteiger partial charge on any atom is -0.366 e. The van der Waals surface area contributed by atoms with Crippen molar-refractivity contribution in [1.29, 1.82) is 0 Å². The normalized spacial score (nSPS) is 29.5. The van der Waals surface area contributed by atoms with Crippen LogP contribution in [-0.4, -0.2) is 34.6 Å². The summed E-state index contributed by atoms with van der Waals surface area (Å²) in [6, 6.07) is 6.74. The molecule has 92 valence electrons. The van der Waals surface area contributed by atoms with Crippen molar-refractivity contribution in [2.24, 2.45) is 0 Å². The van der Waals surface area contributed by atoms with Crippen molar-refractivity contribution in [3.8, 4) is 0 Å². The van der Waals surface area contributed by atoms with Crippen LogP contribution in [0.4, 0.5) is 10.2 Å². The Hall–Kier alpha value is -1.16. The Morgan fingerprint density at radius 3 is 2.94 bits per heavy atom. The lowest BCUT2D eigenvalue weighted by molar-refractivity contribution is 0.257. The molecule has 4 heteroatoms. The minimum atomic E-state index is -0.417. The van der Waals surface area contributed by atoms with Crippen molar-refractivity contribution in [3.05, 3.63) is 24.1 Å². The average Bonchev–Trinajstić information content (AvgIpc) is 3.04. The molecule has 2 unspecified atom stereocenters. The van der Waals surface area contributed by atoms with Gasteiger partial charge in [-0.3, -0.25) is 4.90 Å². The number of nitrogens with one attached hydrogen (secondary N) is 1. The first-order valence-corrected chi connectivity index (χ1v) is 6.37. The molecule has 3 nitrogen and oxygen atoms in total. The van der Waals surface area contributed by atoms with E-state index in [4.69, 9.17) is 0 Å². The zero-order valence-electron chi connectivity index (χ0n) is 10.1. The van der Waals surface area contributed by atoms with E-state index in [0.717, 1.165) is 19.0 Å². The zero-order valence-corrected chi connectivity index (χ0v) is 10.1. The van der Waals surface area contributed by atoms with Crippen molar-refractivity contribution < 1.29 is 4.39 Å². The molecule has 0 spiro atoms. The van der Waals surface area contributed by atoms with Gasteiger partial charge in [-0.05, 0) is 38.3 Å². The Balaban J connectivity index is 1.63. The van der Waals surface area contributed by atoms with Crippen molar-refractivity contribution >= 4 is 5.82 Å². The third kappa shape index (κ3) is 2.41. The van der Waals surface area contributed by atoms with E-state index < -0.39 is 5.95 Å². The first kappa shape index (κ1) is 11.0. The van der Waals surface area contributed by atoms with Crippen LogP contribution in [-0.2, 0) is 0 Å². The molecule has 1 aliphatic heterocycles. The Morgan fingerprint density at radius 2 is 2.24 bits per heavy atom. The van der Waals surface area contributed by atoms with Crippen LogP contribution in [0.15, 0.2) is 18.2 Å². The third-order valence-corrected chi connectivity index (χ3v) is 3.71. The molecule has 3 rings (SSSR count). The number of likely N-dealkylation sites (tertiary alicyclic amines) is 1. The lowest BCUT2D eigenvalue weighted by atomic mass is 10.2. The van der Waals surface area contributed by atoms with Gasteiger partial charge in [0.05, 0.1) is 0 Å². The van der Waals surface area contributed by atoms with Crippen LogP contribution in [0.1, 0.15) is 26.2 Å². The number of halogens is 1. The highest BCUT2D eigenvalue weighted by Crippen LogP contribution is 2.33. The minimum absolute atomic E-state index is 0.403. The van der Waals surface area contributed by atoms with Crippen LogP contribution in [0, 0.1) is 5.95 Å². The van der Waals surface area contributed by atoms with Crippen LogP contribution in [0.25, 0.3) is 0 Å². The zero-order chi connectivity index (χ0) is 11.8. The van der Waals surface area contributed by atoms with Crippen molar-refractivity contribution in [2.75, 3.05) is 11.9 Å². The molecule has 2 aliphatic rings. The van der Waals surface area contributed by atoms with E-state index in [9.17, 15) is 4.39 Å². The van der Waals surface area contributed by atoms with Gasteiger partial charge in [0.25, 0.3) is 0 Å². The first-order valence-electron chi connectivity index (χ1n) is 6.37. The summed E-state index contributed by atoms with van der Waals surface area (Å²) in [5, 5.41) is 3.33. The van der Waals surface area contributed by atoms with Crippen LogP contribution in [0.2, 0.25) is 0 Å². The highest BCUT2D eigenvalue weighted by Gasteiger charge is 2.38. The molecule has 1 aromatic rings. The molecule has 1 aliphatic carbocycles. The first-order chi connectivity index (χ1) is 8.22. The van der Waals surface area contributed by atoms with Gasteiger partial charge in [-0.15, -0.1) is 0 Å². The van der Waals surface area contributed by atoms with E-state index in [1.165, 1.54) is 18.9 Å². The monoisotopic (exact) mass is 235 g/mol. The molecule has 17 heavy (non-hydrogen) atoms. The number of aromatic nitrogens is 1. The fourth-order valence-corrected chi connectivity index (χ4v) is 2.77. The summed E-state index contributed by atoms with van der Waals surface area (Å²) in [6.07, 6.45) is 3.80. The summed E-state index contributed by atoms with van der Waals surface area (Å²) in [7, 11) is 0. The summed E-state index contributed by atoms with van der Waals surface area (Å²) in [4.78, 5) is 6.42. The molecule has 0 aromatic carbocycles. The molecule has 2 fully saturated rings. The third-order valence-electron chi connectivity index (χ3n) is 3.71. The van der Waals surface area contributed by atoms with Crippen LogP contribution >= 0.6 is 0 Å². The number of rotatable bonds is 3. The van der Waals surface area contributed by atoms with E-state index in [1.807, 2.05) is 6.07 Å². The van der Waals surface area contributed by atoms with Crippen LogP contribution < -0.4 is 5.32 Å². The SMILES string of the molecule is CC1CC(Nc2cccc(F)n2)CN1C1CC1. The smallest absolute Gasteiger partial charge is 0.214 e. The van der Waals surface area contributed by atoms with Crippen molar-refractivity contribution in [2.45, 2.75) is 44.3 Å². The standard InChI is InChI=1S/C13H18FN3/c1-9-7-10(8-17(9)11-5-6-11)15-13-4-2-3-12(14)16-13/h2-4,9-11H,5-8H2,1H3,(H,15,16). The Labute approximate surface area is 101 Å². The van der Waals surface area contributed by atoms with Gasteiger partial charge < -0.3 is 5.32 Å². The number of hydrogen-bond donors (Lipinski definition) is 1. The Bertz CT molecular complexity index is 405. The molecule has 0 bridgehead atoms. The van der Waals surface area contributed by atoms with E-state index in [-0.39, 0.29) is 0 Å². The maximum atomic E-state index is 13.0. The largest absolute Gasteiger partial charge is 0.366 e. The number of pyridine rings is 1. The molecule has 0 amide bonds. The molecular formula is C13H18FN3. The van der Waals surface area contributed by atoms with Gasteiger partial charge in [0, 0.05) is 24.7 Å². The summed E-state index contributed by atoms with van der Waals surface area (Å²) in [5.74, 6) is 0.236. The van der Waals surface area contributed by atoms with E-state index in [2.05, 4.69) is 22.1 Å². The van der Waals surface area contributed by atoms with Gasteiger partial charge in [0.2, 0.25) is 5.95 Å². The van der Waals surface area contributed by atoms with Gasteiger partial charge >= 0.3 is 0 Å². The van der Waals surface area contributed by atoms with Crippen LogP contribution in [0.5, 0.6) is 0 Å². The second-order valence-electron chi connectivity index (χ2n) is 5.20. The lowest BCUT2D eigenvalue weighted by Gasteiger charge is -2.19. The van der Waals surface area contributed by atoms with E-state index in [1.54, 1.807) is 6.07 Å². The van der Waals surface area contributed by atoms with Gasteiger partial charge in [-0.25, -0.2) is 4.98 Å². The van der Waals surface area contributed by atoms with Gasteiger partial charge in [0.15, 0.2) is 0 Å². The maximum absolute atomic E-state index is 13.0. The predicted molar refractivity (Wildman–Crippen MR) is 65.4 cm³/mol. The summed E-state index contributed by atoms with van der Waals surface area (Å²) < 4.78 is 13.0. The summed E-state index contributed by atoms with van der Waals surface area (Å²) in [5.41, 5.74) is 0. The molecule has 1 saturated carbocycles. The molecule has 1 N–H and O–H groups in total. The summed E-state index contributed by atoms with van der Waals surface area (Å²) in [6.45, 7) is 3.34. The second-order valence-corrected chi connectivity index (χ2v) is 5.20. The number of nitrogens with zero attached hydrogens (tertiary/aromatic N) is 2. The molecule has 1 aromatic heterocycles. The molecule has 2 heterocycles. The Morgan fingerprint density at radius 1 is 1.41 bits per heavy atom. The maximum Gasteiger partial charge on any atom is 0.214 e. The molecule has 0 radical (unpaired) electrons. The van der Waals surface area contributed by atoms with Gasteiger partial charge in [-0.1, -0.05) is 6.07 Å². The van der Waals surface area contributed by atoms with Crippen molar-refractivity contribution in [1.82, 2.24) is 9.88 Å². The van der Waals surface area contributed by atoms with Gasteiger partial charge in [0.1, 0.15) is 5.82 Å². The molecular weight excluding hydrogens is 217 g/mol. The molecule has 2 atom stereocenters. The number of hydrogen-bond acceptors (Lipinski definition) is 3. The summed E-state index contributed by atoms with van der Waals surface area (Å²) >= 11 is 0. The van der Waals surface area contributed by atoms with Crippen LogP contribution in [0.3, 0.4) is 0 Å². The highest BCUT2D eigenvalue weighted by molar-refractivity contribution is 5.35. The highest BCUT2D eigenvalue weighted by atomic mass is 19.1. The number of anilines is 1.